The third-order valence-electron chi connectivity index (χ3n) is 2.95. The van der Waals surface area contributed by atoms with Gasteiger partial charge in [0.1, 0.15) is 24.6 Å². The predicted octanol–water partition coefficient (Wildman–Crippen LogP) is 1.03. The molecule has 0 amide bonds. The number of imidazole rings is 1. The number of nitro groups is 1. The van der Waals surface area contributed by atoms with Crippen molar-refractivity contribution in [1.82, 2.24) is 24.5 Å². The van der Waals surface area contributed by atoms with Crippen LogP contribution in [0.25, 0.3) is 0 Å². The normalized spacial score (nSPS) is 12.5. The van der Waals surface area contributed by atoms with E-state index in [1.807, 2.05) is 6.92 Å². The van der Waals surface area contributed by atoms with E-state index in [4.69, 9.17) is 4.74 Å². The maximum atomic E-state index is 10.8. The van der Waals surface area contributed by atoms with Crippen LogP contribution in [0.3, 0.4) is 0 Å². The molecule has 1 atom stereocenters. The first-order valence-electron chi connectivity index (χ1n) is 6.20. The summed E-state index contributed by atoms with van der Waals surface area (Å²) in [7, 11) is 1.63. The number of rotatable bonds is 7. The molecule has 2 aromatic rings. The van der Waals surface area contributed by atoms with Gasteiger partial charge in [0, 0.05) is 7.11 Å². The van der Waals surface area contributed by atoms with Gasteiger partial charge >= 0.3 is 5.95 Å². The molecule has 0 aromatic carbocycles. The van der Waals surface area contributed by atoms with Crippen LogP contribution in [-0.2, 0) is 11.3 Å². The summed E-state index contributed by atoms with van der Waals surface area (Å²) in [4.78, 5) is 13.9. The lowest BCUT2D eigenvalue weighted by Crippen LogP contribution is -2.14. The van der Waals surface area contributed by atoms with Crippen molar-refractivity contribution < 1.29 is 9.66 Å². The summed E-state index contributed by atoms with van der Waals surface area (Å²) in [5.74, 6) is -0.205. The Morgan fingerprint density at radius 3 is 3.00 bits per heavy atom. The second-order valence-electron chi connectivity index (χ2n) is 4.32. The molecule has 0 aliphatic heterocycles. The minimum absolute atomic E-state index is 0.110. The molecule has 1 unspecified atom stereocenters. The second-order valence-corrected chi connectivity index (χ2v) is 4.32. The Hall–Kier alpha value is -2.29. The van der Waals surface area contributed by atoms with E-state index in [-0.39, 0.29) is 18.5 Å². The largest absolute Gasteiger partial charge is 0.434 e. The average molecular weight is 279 g/mol. The summed E-state index contributed by atoms with van der Waals surface area (Å²) in [6.45, 7) is 2.84. The zero-order valence-electron chi connectivity index (χ0n) is 11.3. The van der Waals surface area contributed by atoms with Crippen LogP contribution >= 0.6 is 0 Å². The van der Waals surface area contributed by atoms with E-state index in [2.05, 4.69) is 15.3 Å². The van der Waals surface area contributed by atoms with Crippen molar-refractivity contribution in [2.24, 2.45) is 0 Å². The van der Waals surface area contributed by atoms with Gasteiger partial charge in [0.05, 0.1) is 18.8 Å². The molecule has 108 valence electrons. The maximum Gasteiger partial charge on any atom is 0.434 e. The summed E-state index contributed by atoms with van der Waals surface area (Å²) < 4.78 is 8.27. The highest BCUT2D eigenvalue weighted by atomic mass is 16.6. The van der Waals surface area contributed by atoms with E-state index in [0.717, 1.165) is 6.42 Å². The highest BCUT2D eigenvalue weighted by Gasteiger charge is 2.17. The highest BCUT2D eigenvalue weighted by molar-refractivity contribution is 5.09. The summed E-state index contributed by atoms with van der Waals surface area (Å²) in [5, 5.41) is 18.9. The maximum absolute atomic E-state index is 10.8. The Bertz CT molecular complexity index is 578. The zero-order valence-corrected chi connectivity index (χ0v) is 11.3. The number of aromatic nitrogens is 5. The molecule has 2 aromatic heterocycles. The van der Waals surface area contributed by atoms with Gasteiger partial charge in [-0.1, -0.05) is 17.1 Å². The molecule has 0 aliphatic carbocycles. The van der Waals surface area contributed by atoms with E-state index in [9.17, 15) is 10.1 Å². The fourth-order valence-corrected chi connectivity index (χ4v) is 1.91. The monoisotopic (exact) mass is 279 g/mol. The van der Waals surface area contributed by atoms with Crippen LogP contribution in [-0.4, -0.2) is 43.2 Å². The first kappa shape index (κ1) is 14.1. The number of hydrogen-bond acceptors (Lipinski definition) is 6. The van der Waals surface area contributed by atoms with Gasteiger partial charge in [-0.05, 0) is 11.3 Å². The van der Waals surface area contributed by atoms with Gasteiger partial charge in [0.25, 0.3) is 0 Å². The molecule has 0 aliphatic rings. The SMILES string of the molecule is CCC(CO[11CH3])n1cc(Cn2ccnc2[N+](=O)[O-])nn1. The lowest BCUT2D eigenvalue weighted by molar-refractivity contribution is -0.396. The molecule has 2 heterocycles. The Labute approximate surface area is 115 Å². The van der Waals surface area contributed by atoms with Crippen molar-refractivity contribution >= 4 is 5.95 Å². The molecule has 2 rings (SSSR count). The van der Waals surface area contributed by atoms with Crippen LogP contribution in [0, 0.1) is 10.1 Å². The lowest BCUT2D eigenvalue weighted by Gasteiger charge is -2.12. The van der Waals surface area contributed by atoms with Gasteiger partial charge in [-0.25, -0.2) is 9.25 Å². The Kier molecular flexibility index (Phi) is 4.41. The summed E-state index contributed by atoms with van der Waals surface area (Å²) in [6, 6.07) is 0.110. The second kappa shape index (κ2) is 6.24. The van der Waals surface area contributed by atoms with Gasteiger partial charge in [0.15, 0.2) is 0 Å². The summed E-state index contributed by atoms with van der Waals surface area (Å²) in [6.07, 6.45) is 5.57. The number of methoxy groups -OCH3 is 1. The van der Waals surface area contributed by atoms with Gasteiger partial charge in [-0.3, -0.25) is 0 Å². The molecule has 9 nitrogen and oxygen atoms in total. The Morgan fingerprint density at radius 1 is 1.55 bits per heavy atom. The molecule has 9 heteroatoms. The lowest BCUT2D eigenvalue weighted by atomic mass is 10.2. The fourth-order valence-electron chi connectivity index (χ4n) is 1.91. The molecule has 0 saturated carbocycles. The molecule has 0 spiro atoms. The number of nitrogens with zero attached hydrogens (tertiary/aromatic N) is 6. The van der Waals surface area contributed by atoms with Crippen molar-refractivity contribution in [2.75, 3.05) is 13.7 Å². The predicted molar refractivity (Wildman–Crippen MR) is 69.2 cm³/mol. The van der Waals surface area contributed by atoms with E-state index in [1.165, 1.54) is 10.8 Å². The van der Waals surface area contributed by atoms with Crippen LogP contribution < -0.4 is 0 Å². The van der Waals surface area contributed by atoms with Gasteiger partial charge in [0.2, 0.25) is 0 Å². The van der Waals surface area contributed by atoms with E-state index in [1.54, 1.807) is 24.2 Å². The first-order chi connectivity index (χ1) is 9.65. The first-order valence-corrected chi connectivity index (χ1v) is 6.20. The van der Waals surface area contributed by atoms with Gasteiger partial charge in [-0.15, -0.1) is 5.10 Å². The van der Waals surface area contributed by atoms with Gasteiger partial charge in [-0.2, -0.15) is 0 Å². The number of hydrogen-bond donors (Lipinski definition) is 0. The molecule has 20 heavy (non-hydrogen) atoms. The standard InChI is InChI=1S/C11H16N6O3/c1-3-10(8-20-2)16-7-9(13-14-16)6-15-5-4-12-11(15)17(18)19/h4-5,7,10H,3,6,8H2,1-2H3/i2-1. The minimum Gasteiger partial charge on any atom is -0.390 e. The van der Waals surface area contributed by atoms with Crippen molar-refractivity contribution in [3.63, 3.8) is 0 Å². The van der Waals surface area contributed by atoms with E-state index in [0.29, 0.717) is 12.3 Å². The van der Waals surface area contributed by atoms with Crippen LogP contribution in [0.5, 0.6) is 0 Å². The molecule has 0 N–H and O–H groups in total. The molecule has 0 saturated heterocycles. The Balaban J connectivity index is 2.13. The quantitative estimate of drug-likeness (QED) is 0.554. The summed E-state index contributed by atoms with van der Waals surface area (Å²) >= 11 is 0. The molecule has 0 fully saturated rings. The topological polar surface area (TPSA) is 101 Å². The molecular weight excluding hydrogens is 263 g/mol. The van der Waals surface area contributed by atoms with Gasteiger partial charge < -0.3 is 14.9 Å². The third kappa shape index (κ3) is 2.99. The fraction of sp³-hybridized carbons (Fsp3) is 0.545. The van der Waals surface area contributed by atoms with Crippen LogP contribution in [0.1, 0.15) is 25.1 Å². The van der Waals surface area contributed by atoms with Crippen molar-refractivity contribution in [1.29, 1.82) is 0 Å². The van der Waals surface area contributed by atoms with Crippen molar-refractivity contribution in [2.45, 2.75) is 25.9 Å². The van der Waals surface area contributed by atoms with Crippen molar-refractivity contribution in [3.05, 3.63) is 34.4 Å². The molecule has 0 radical (unpaired) electrons. The van der Waals surface area contributed by atoms with Crippen LogP contribution in [0.15, 0.2) is 18.6 Å². The zero-order chi connectivity index (χ0) is 14.5. The minimum atomic E-state index is -0.524. The smallest absolute Gasteiger partial charge is 0.390 e. The Morgan fingerprint density at radius 2 is 2.35 bits per heavy atom. The third-order valence-corrected chi connectivity index (χ3v) is 2.95. The highest BCUT2D eigenvalue weighted by Crippen LogP contribution is 2.13. The van der Waals surface area contributed by atoms with E-state index >= 15 is 0 Å². The molecule has 0 bridgehead atoms. The number of ether oxygens (including phenoxy) is 1. The van der Waals surface area contributed by atoms with E-state index < -0.39 is 4.92 Å². The van der Waals surface area contributed by atoms with Crippen molar-refractivity contribution in [3.8, 4) is 0 Å². The average Bonchev–Trinajstić information content (AvgIpc) is 3.05. The summed E-state index contributed by atoms with van der Waals surface area (Å²) in [5.41, 5.74) is 0.639. The van der Waals surface area contributed by atoms with Crippen LogP contribution in [0.2, 0.25) is 0 Å². The van der Waals surface area contributed by atoms with Crippen LogP contribution in [0.4, 0.5) is 5.95 Å². The molecular formula is C11H16N6O3.